The van der Waals surface area contributed by atoms with E-state index in [1.54, 1.807) is 12.1 Å². The summed E-state index contributed by atoms with van der Waals surface area (Å²) in [6, 6.07) is 8.69. The molecule has 2 aliphatic rings. The first kappa shape index (κ1) is 20.2. The van der Waals surface area contributed by atoms with Gasteiger partial charge in [0, 0.05) is 5.56 Å². The lowest BCUT2D eigenvalue weighted by molar-refractivity contribution is -0.0521. The van der Waals surface area contributed by atoms with E-state index in [2.05, 4.69) is 11.7 Å². The molecule has 0 aliphatic heterocycles. The molecule has 2 saturated carbocycles. The van der Waals surface area contributed by atoms with Crippen LogP contribution in [0.5, 0.6) is 5.75 Å². The van der Waals surface area contributed by atoms with Crippen molar-refractivity contribution in [1.29, 1.82) is 0 Å². The summed E-state index contributed by atoms with van der Waals surface area (Å²) in [5.74, 6) is 0.855. The molecule has 0 amide bonds. The Kier molecular flexibility index (Phi) is 5.84. The normalized spacial score (nSPS) is 27.0. The summed E-state index contributed by atoms with van der Waals surface area (Å²) in [5, 5.41) is 0. The van der Waals surface area contributed by atoms with E-state index in [-0.39, 0.29) is 5.56 Å². The topological polar surface area (TPSA) is 9.23 Å². The lowest BCUT2D eigenvalue weighted by atomic mass is 9.64. The molecule has 5 heteroatoms. The van der Waals surface area contributed by atoms with Crippen molar-refractivity contribution in [1.82, 2.24) is 0 Å². The average Bonchev–Trinajstić information content (AvgIpc) is 2.69. The molecule has 2 aliphatic carbocycles. The maximum Gasteiger partial charge on any atom is 0.387 e. The Bertz CT molecular complexity index is 866. The largest absolute Gasteiger partial charge is 0.432 e. The highest BCUT2D eigenvalue weighted by Gasteiger charge is 2.35. The standard InChI is InChI=1S/C24H26F4O/c1-14-2-3-16-11-17(5-4-15(16)10-14)18-6-8-20(21(25)12-18)19-7-9-23(22(26)13-19)29-24(27)28/h6-9,12-17,24H,2-5,10-11H2,1H3. The lowest BCUT2D eigenvalue weighted by Gasteiger charge is -2.41. The van der Waals surface area contributed by atoms with Crippen molar-refractivity contribution in [3.05, 3.63) is 53.6 Å². The summed E-state index contributed by atoms with van der Waals surface area (Å²) in [4.78, 5) is 0. The average molecular weight is 406 g/mol. The number of halogens is 4. The summed E-state index contributed by atoms with van der Waals surface area (Å²) in [6.45, 7) is -0.764. The number of ether oxygens (including phenoxy) is 1. The lowest BCUT2D eigenvalue weighted by Crippen LogP contribution is -2.29. The third kappa shape index (κ3) is 4.44. The molecular formula is C24H26F4O. The quantitative estimate of drug-likeness (QED) is 0.476. The van der Waals surface area contributed by atoms with E-state index in [4.69, 9.17) is 0 Å². The van der Waals surface area contributed by atoms with Crippen LogP contribution in [0, 0.1) is 29.4 Å². The highest BCUT2D eigenvalue weighted by molar-refractivity contribution is 5.65. The van der Waals surface area contributed by atoms with Crippen molar-refractivity contribution in [2.45, 2.75) is 58.0 Å². The molecule has 4 rings (SSSR count). The second-order valence-electron chi connectivity index (χ2n) is 8.71. The van der Waals surface area contributed by atoms with E-state index in [1.807, 2.05) is 6.07 Å². The highest BCUT2D eigenvalue weighted by Crippen LogP contribution is 2.47. The first-order valence-corrected chi connectivity index (χ1v) is 10.4. The maximum atomic E-state index is 14.8. The molecule has 0 bridgehead atoms. The van der Waals surface area contributed by atoms with Crippen LogP contribution in [0.1, 0.15) is 56.9 Å². The Morgan fingerprint density at radius 1 is 0.862 bits per heavy atom. The predicted molar refractivity (Wildman–Crippen MR) is 105 cm³/mol. The Morgan fingerprint density at radius 2 is 1.62 bits per heavy atom. The van der Waals surface area contributed by atoms with Crippen LogP contribution >= 0.6 is 0 Å². The molecule has 0 spiro atoms. The fraction of sp³-hybridized carbons (Fsp3) is 0.500. The van der Waals surface area contributed by atoms with Crippen LogP contribution in [0.15, 0.2) is 36.4 Å². The van der Waals surface area contributed by atoms with Crippen LogP contribution < -0.4 is 4.74 Å². The third-order valence-electron chi connectivity index (χ3n) is 6.80. The molecule has 0 heterocycles. The van der Waals surface area contributed by atoms with Gasteiger partial charge in [-0.25, -0.2) is 8.78 Å². The number of fused-ring (bicyclic) bond motifs is 1. The van der Waals surface area contributed by atoms with E-state index in [9.17, 15) is 17.6 Å². The van der Waals surface area contributed by atoms with Gasteiger partial charge in [-0.2, -0.15) is 8.78 Å². The van der Waals surface area contributed by atoms with E-state index >= 15 is 0 Å². The number of benzene rings is 2. The van der Waals surface area contributed by atoms with Crippen molar-refractivity contribution in [3.8, 4) is 16.9 Å². The summed E-state index contributed by atoms with van der Waals surface area (Å²) in [5.41, 5.74) is 1.57. The van der Waals surface area contributed by atoms with Gasteiger partial charge >= 0.3 is 6.61 Å². The van der Waals surface area contributed by atoms with Crippen molar-refractivity contribution >= 4 is 0 Å². The highest BCUT2D eigenvalue weighted by atomic mass is 19.3. The fourth-order valence-electron chi connectivity index (χ4n) is 5.31. The minimum atomic E-state index is -3.10. The van der Waals surface area contributed by atoms with Gasteiger partial charge in [-0.3, -0.25) is 0 Å². The number of rotatable bonds is 4. The van der Waals surface area contributed by atoms with Crippen molar-refractivity contribution in [2.75, 3.05) is 0 Å². The molecule has 0 aromatic heterocycles. The van der Waals surface area contributed by atoms with Crippen molar-refractivity contribution < 1.29 is 22.3 Å². The first-order chi connectivity index (χ1) is 13.9. The van der Waals surface area contributed by atoms with Gasteiger partial charge in [0.05, 0.1) is 0 Å². The zero-order valence-corrected chi connectivity index (χ0v) is 16.5. The summed E-state index contributed by atoms with van der Waals surface area (Å²) in [6.07, 6.45) is 7.29. The van der Waals surface area contributed by atoms with E-state index in [0.29, 0.717) is 11.5 Å². The Balaban J connectivity index is 1.51. The molecule has 2 aromatic rings. The maximum absolute atomic E-state index is 14.8. The second-order valence-corrected chi connectivity index (χ2v) is 8.71. The van der Waals surface area contributed by atoms with Crippen LogP contribution in [0.2, 0.25) is 0 Å². The van der Waals surface area contributed by atoms with Gasteiger partial charge in [-0.05, 0) is 85.1 Å². The molecule has 2 fully saturated rings. The Labute approximate surface area is 169 Å². The Morgan fingerprint density at radius 3 is 2.34 bits per heavy atom. The minimum absolute atomic E-state index is 0.261. The summed E-state index contributed by atoms with van der Waals surface area (Å²) < 4.78 is 57.5. The van der Waals surface area contributed by atoms with Gasteiger partial charge in [0.2, 0.25) is 0 Å². The number of alkyl halides is 2. The molecule has 156 valence electrons. The molecule has 2 aromatic carbocycles. The van der Waals surface area contributed by atoms with Gasteiger partial charge in [0.25, 0.3) is 0 Å². The van der Waals surface area contributed by atoms with Crippen LogP contribution in [-0.4, -0.2) is 6.61 Å². The third-order valence-corrected chi connectivity index (χ3v) is 6.80. The molecule has 4 atom stereocenters. The zero-order valence-electron chi connectivity index (χ0n) is 16.5. The molecular weight excluding hydrogens is 380 g/mol. The fourth-order valence-corrected chi connectivity index (χ4v) is 5.31. The van der Waals surface area contributed by atoms with E-state index < -0.39 is 24.0 Å². The van der Waals surface area contributed by atoms with E-state index in [0.717, 1.165) is 48.3 Å². The molecule has 4 unspecified atom stereocenters. The molecule has 0 N–H and O–H groups in total. The van der Waals surface area contributed by atoms with Gasteiger partial charge in [0.1, 0.15) is 5.82 Å². The first-order valence-electron chi connectivity index (χ1n) is 10.4. The van der Waals surface area contributed by atoms with Gasteiger partial charge in [-0.15, -0.1) is 0 Å². The smallest absolute Gasteiger partial charge is 0.387 e. The van der Waals surface area contributed by atoms with Crippen LogP contribution in [0.4, 0.5) is 17.6 Å². The van der Waals surface area contributed by atoms with Crippen LogP contribution in [0.3, 0.4) is 0 Å². The summed E-state index contributed by atoms with van der Waals surface area (Å²) in [7, 11) is 0. The van der Waals surface area contributed by atoms with E-state index in [1.165, 1.54) is 31.7 Å². The number of hydrogen-bond donors (Lipinski definition) is 0. The minimum Gasteiger partial charge on any atom is -0.432 e. The van der Waals surface area contributed by atoms with Gasteiger partial charge < -0.3 is 4.74 Å². The predicted octanol–water partition coefficient (Wildman–Crippen LogP) is 7.55. The molecule has 0 saturated heterocycles. The Hall–Kier alpha value is -2.04. The second kappa shape index (κ2) is 8.37. The summed E-state index contributed by atoms with van der Waals surface area (Å²) >= 11 is 0. The van der Waals surface area contributed by atoms with Gasteiger partial charge in [0.15, 0.2) is 11.6 Å². The SMILES string of the molecule is CC1CCC2CC(c3ccc(-c4ccc(OC(F)F)c(F)c4)c(F)c3)CCC2C1. The van der Waals surface area contributed by atoms with Crippen LogP contribution in [-0.2, 0) is 0 Å². The molecule has 1 nitrogen and oxygen atoms in total. The monoisotopic (exact) mass is 406 g/mol. The van der Waals surface area contributed by atoms with Crippen molar-refractivity contribution in [3.63, 3.8) is 0 Å². The van der Waals surface area contributed by atoms with Gasteiger partial charge in [-0.1, -0.05) is 31.5 Å². The number of hydrogen-bond acceptors (Lipinski definition) is 1. The molecule has 0 radical (unpaired) electrons. The zero-order chi connectivity index (χ0) is 20.5. The van der Waals surface area contributed by atoms with Crippen molar-refractivity contribution in [2.24, 2.45) is 17.8 Å². The van der Waals surface area contributed by atoms with Crippen LogP contribution in [0.25, 0.3) is 11.1 Å². The molecule has 29 heavy (non-hydrogen) atoms.